The largest absolute Gasteiger partial charge is 0.340 e. The second-order valence-electron chi connectivity index (χ2n) is 7.12. The van der Waals surface area contributed by atoms with Crippen LogP contribution in [0, 0.1) is 34.6 Å². The van der Waals surface area contributed by atoms with Gasteiger partial charge in [-0.1, -0.05) is 24.3 Å². The smallest absolute Gasteiger partial charge is 0.150 e. The van der Waals surface area contributed by atoms with Gasteiger partial charge in [0.2, 0.25) is 0 Å². The van der Waals surface area contributed by atoms with Gasteiger partial charge in [-0.2, -0.15) is 0 Å². The number of aromatic nitrogens is 3. The number of fused-ring (bicyclic) bond motifs is 1. The molecule has 0 saturated heterocycles. The lowest BCUT2D eigenvalue weighted by Gasteiger charge is -2.11. The Balaban J connectivity index is 1.93. The van der Waals surface area contributed by atoms with E-state index in [1.54, 1.807) is 0 Å². The minimum Gasteiger partial charge on any atom is -0.340 e. The normalized spacial score (nSPS) is 11.1. The maximum Gasteiger partial charge on any atom is 0.150 e. The van der Waals surface area contributed by atoms with E-state index in [0.717, 1.165) is 34.1 Å². The lowest BCUT2D eigenvalue weighted by atomic mass is 10.1. The fourth-order valence-corrected chi connectivity index (χ4v) is 3.51. The number of hydrogen-bond donors (Lipinski definition) is 1. The maximum atomic E-state index is 4.78. The highest BCUT2D eigenvalue weighted by Gasteiger charge is 2.18. The van der Waals surface area contributed by atoms with Crippen molar-refractivity contribution in [2.75, 3.05) is 5.32 Å². The molecule has 0 atom stereocenters. The summed E-state index contributed by atoms with van der Waals surface area (Å²) in [6, 6.07) is 16.8. The summed E-state index contributed by atoms with van der Waals surface area (Å²) in [4.78, 5) is 9.50. The molecule has 0 radical (unpaired) electrons. The third kappa shape index (κ3) is 2.97. The Morgan fingerprint density at radius 1 is 0.815 bits per heavy atom. The van der Waals surface area contributed by atoms with Crippen LogP contribution < -0.4 is 5.32 Å². The van der Waals surface area contributed by atoms with Crippen LogP contribution in [-0.4, -0.2) is 14.5 Å². The summed E-state index contributed by atoms with van der Waals surface area (Å²) in [5.41, 5.74) is 8.02. The number of nitrogens with zero attached hydrogens (tertiary/aromatic N) is 3. The number of hydrogen-bond acceptors (Lipinski definition) is 3. The van der Waals surface area contributed by atoms with E-state index in [9.17, 15) is 0 Å². The highest BCUT2D eigenvalue weighted by molar-refractivity contribution is 5.94. The molecule has 0 spiro atoms. The summed E-state index contributed by atoms with van der Waals surface area (Å²) in [6.45, 7) is 10.5. The van der Waals surface area contributed by atoms with Gasteiger partial charge in [-0.3, -0.25) is 4.57 Å². The molecule has 0 saturated carbocycles. The van der Waals surface area contributed by atoms with Gasteiger partial charge in [0.05, 0.1) is 5.39 Å². The molecule has 0 aliphatic carbocycles. The third-order valence-corrected chi connectivity index (χ3v) is 5.25. The van der Waals surface area contributed by atoms with Crippen LogP contribution in [0.3, 0.4) is 0 Å². The van der Waals surface area contributed by atoms with Crippen LogP contribution in [0.5, 0.6) is 0 Å². The average molecular weight is 356 g/mol. The van der Waals surface area contributed by atoms with E-state index in [1.165, 1.54) is 22.4 Å². The van der Waals surface area contributed by atoms with E-state index < -0.39 is 0 Å². The van der Waals surface area contributed by atoms with Crippen molar-refractivity contribution in [1.82, 2.24) is 14.5 Å². The van der Waals surface area contributed by atoms with Gasteiger partial charge in [-0.15, -0.1) is 0 Å². The first-order valence-electron chi connectivity index (χ1n) is 9.21. The van der Waals surface area contributed by atoms with Crippen molar-refractivity contribution in [2.45, 2.75) is 34.6 Å². The van der Waals surface area contributed by atoms with Crippen LogP contribution >= 0.6 is 0 Å². The fourth-order valence-electron chi connectivity index (χ4n) is 3.51. The van der Waals surface area contributed by atoms with Crippen molar-refractivity contribution >= 4 is 22.5 Å². The third-order valence-electron chi connectivity index (χ3n) is 5.25. The summed E-state index contributed by atoms with van der Waals surface area (Å²) in [7, 11) is 0. The molecule has 4 nitrogen and oxygen atoms in total. The Hall–Kier alpha value is -3.14. The SMILES string of the molecule is Cc1nc(Nc2ccc(C)c(C)c2)c2c(C)c(C)n(-c3ccccc3)c2n1. The predicted molar refractivity (Wildman–Crippen MR) is 112 cm³/mol. The van der Waals surface area contributed by atoms with Crippen LogP contribution in [-0.2, 0) is 0 Å². The Morgan fingerprint density at radius 3 is 2.26 bits per heavy atom. The van der Waals surface area contributed by atoms with E-state index >= 15 is 0 Å². The van der Waals surface area contributed by atoms with Crippen molar-refractivity contribution in [2.24, 2.45) is 0 Å². The molecule has 136 valence electrons. The first kappa shape index (κ1) is 17.3. The second-order valence-corrected chi connectivity index (χ2v) is 7.12. The van der Waals surface area contributed by atoms with Crippen molar-refractivity contribution in [3.63, 3.8) is 0 Å². The average Bonchev–Trinajstić information content (AvgIpc) is 2.89. The Morgan fingerprint density at radius 2 is 1.56 bits per heavy atom. The van der Waals surface area contributed by atoms with E-state index in [4.69, 9.17) is 9.97 Å². The van der Waals surface area contributed by atoms with Gasteiger partial charge in [0.25, 0.3) is 0 Å². The quantitative estimate of drug-likeness (QED) is 0.511. The van der Waals surface area contributed by atoms with Crippen LogP contribution in [0.15, 0.2) is 48.5 Å². The van der Waals surface area contributed by atoms with Crippen molar-refractivity contribution in [3.05, 3.63) is 76.7 Å². The molecular weight excluding hydrogens is 332 g/mol. The minimum atomic E-state index is 0.753. The number of aryl methyl sites for hydroxylation is 4. The minimum absolute atomic E-state index is 0.753. The van der Waals surface area contributed by atoms with Gasteiger partial charge >= 0.3 is 0 Å². The van der Waals surface area contributed by atoms with Gasteiger partial charge in [0.1, 0.15) is 11.6 Å². The monoisotopic (exact) mass is 356 g/mol. The molecule has 0 aliphatic heterocycles. The molecule has 0 aliphatic rings. The molecule has 1 N–H and O–H groups in total. The van der Waals surface area contributed by atoms with Crippen LogP contribution in [0.25, 0.3) is 16.7 Å². The Bertz CT molecular complexity index is 1140. The van der Waals surface area contributed by atoms with Crippen molar-refractivity contribution in [3.8, 4) is 5.69 Å². The maximum absolute atomic E-state index is 4.78. The summed E-state index contributed by atoms with van der Waals surface area (Å²) in [5.74, 6) is 1.61. The molecule has 0 fully saturated rings. The number of para-hydroxylation sites is 1. The topological polar surface area (TPSA) is 42.7 Å². The molecule has 0 bridgehead atoms. The molecule has 2 aromatic heterocycles. The Labute approximate surface area is 159 Å². The summed E-state index contributed by atoms with van der Waals surface area (Å²) >= 11 is 0. The van der Waals surface area contributed by atoms with Gasteiger partial charge in [-0.25, -0.2) is 9.97 Å². The van der Waals surface area contributed by atoms with Crippen molar-refractivity contribution < 1.29 is 0 Å². The molecule has 4 aromatic rings. The number of benzene rings is 2. The van der Waals surface area contributed by atoms with E-state index in [1.807, 2.05) is 13.0 Å². The molecule has 2 heterocycles. The van der Waals surface area contributed by atoms with Crippen LogP contribution in [0.1, 0.15) is 28.2 Å². The molecule has 4 heteroatoms. The standard InChI is InChI=1S/C23H24N4/c1-14-11-12-19(13-15(14)2)26-22-21-16(3)17(4)27(20-9-7-6-8-10-20)23(21)25-18(5)24-22/h6-13H,1-5H3,(H,24,25,26). The second kappa shape index (κ2) is 6.54. The fraction of sp³-hybridized carbons (Fsp3) is 0.217. The molecular formula is C23H24N4. The van der Waals surface area contributed by atoms with E-state index in [0.29, 0.717) is 0 Å². The molecule has 0 unspecified atom stereocenters. The summed E-state index contributed by atoms with van der Waals surface area (Å²) < 4.78 is 2.21. The van der Waals surface area contributed by atoms with Crippen LogP contribution in [0.2, 0.25) is 0 Å². The van der Waals surface area contributed by atoms with Gasteiger partial charge in [-0.05, 0) is 75.6 Å². The zero-order chi connectivity index (χ0) is 19.1. The zero-order valence-electron chi connectivity index (χ0n) is 16.5. The first-order valence-corrected chi connectivity index (χ1v) is 9.21. The lowest BCUT2D eigenvalue weighted by Crippen LogP contribution is -2.02. The van der Waals surface area contributed by atoms with Crippen LogP contribution in [0.4, 0.5) is 11.5 Å². The van der Waals surface area contributed by atoms with E-state index in [-0.39, 0.29) is 0 Å². The first-order chi connectivity index (χ1) is 13.0. The van der Waals surface area contributed by atoms with Gasteiger partial charge in [0.15, 0.2) is 5.65 Å². The zero-order valence-corrected chi connectivity index (χ0v) is 16.5. The molecule has 0 amide bonds. The van der Waals surface area contributed by atoms with E-state index in [2.05, 4.69) is 80.0 Å². The highest BCUT2D eigenvalue weighted by atomic mass is 15.1. The molecule has 4 rings (SSSR count). The Kier molecular flexibility index (Phi) is 4.19. The number of anilines is 2. The lowest BCUT2D eigenvalue weighted by molar-refractivity contribution is 0.995. The number of nitrogens with one attached hydrogen (secondary N) is 1. The van der Waals surface area contributed by atoms with Gasteiger partial charge < -0.3 is 5.32 Å². The summed E-state index contributed by atoms with van der Waals surface area (Å²) in [5, 5.41) is 4.59. The molecule has 2 aromatic carbocycles. The van der Waals surface area contributed by atoms with Crippen molar-refractivity contribution in [1.29, 1.82) is 0 Å². The number of rotatable bonds is 3. The highest BCUT2D eigenvalue weighted by Crippen LogP contribution is 2.33. The predicted octanol–water partition coefficient (Wildman–Crippen LogP) is 5.71. The van der Waals surface area contributed by atoms with Gasteiger partial charge in [0, 0.05) is 17.1 Å². The molecule has 27 heavy (non-hydrogen) atoms. The summed E-state index contributed by atoms with van der Waals surface area (Å²) in [6.07, 6.45) is 0.